The van der Waals surface area contributed by atoms with E-state index in [2.05, 4.69) is 19.2 Å². The van der Waals surface area contributed by atoms with Gasteiger partial charge in [0, 0.05) is 19.1 Å². The molecule has 2 amide bonds. The van der Waals surface area contributed by atoms with Crippen LogP contribution in [0.3, 0.4) is 0 Å². The molecule has 0 saturated carbocycles. The Hall–Kier alpha value is -1.26. The number of rotatable bonds is 5. The van der Waals surface area contributed by atoms with E-state index in [9.17, 15) is 9.59 Å². The zero-order chi connectivity index (χ0) is 12.8. The van der Waals surface area contributed by atoms with Crippen molar-refractivity contribution >= 4 is 12.0 Å². The van der Waals surface area contributed by atoms with Crippen molar-refractivity contribution in [3.63, 3.8) is 0 Å². The number of aliphatic carboxylic acids is 1. The second-order valence-electron chi connectivity index (χ2n) is 5.00. The predicted molar refractivity (Wildman–Crippen MR) is 64.8 cm³/mol. The lowest BCUT2D eigenvalue weighted by atomic mass is 10.1. The van der Waals surface area contributed by atoms with Gasteiger partial charge >= 0.3 is 12.0 Å². The quantitative estimate of drug-likeness (QED) is 0.770. The van der Waals surface area contributed by atoms with E-state index in [1.807, 2.05) is 0 Å². The van der Waals surface area contributed by atoms with Crippen molar-refractivity contribution in [1.29, 1.82) is 0 Å². The Morgan fingerprint density at radius 2 is 2.18 bits per heavy atom. The highest BCUT2D eigenvalue weighted by molar-refractivity contribution is 5.76. The van der Waals surface area contributed by atoms with Crippen LogP contribution >= 0.6 is 0 Å². The van der Waals surface area contributed by atoms with Gasteiger partial charge in [-0.25, -0.2) is 4.79 Å². The first kappa shape index (κ1) is 13.8. The van der Waals surface area contributed by atoms with Crippen molar-refractivity contribution in [1.82, 2.24) is 10.2 Å². The molecule has 17 heavy (non-hydrogen) atoms. The van der Waals surface area contributed by atoms with E-state index < -0.39 is 5.97 Å². The van der Waals surface area contributed by atoms with Crippen molar-refractivity contribution in [3.8, 4) is 0 Å². The summed E-state index contributed by atoms with van der Waals surface area (Å²) in [7, 11) is 0. The topological polar surface area (TPSA) is 69.6 Å². The van der Waals surface area contributed by atoms with E-state index in [1.165, 1.54) is 0 Å². The molecule has 2 N–H and O–H groups in total. The number of carboxylic acids is 1. The van der Waals surface area contributed by atoms with Gasteiger partial charge in [0.25, 0.3) is 0 Å². The summed E-state index contributed by atoms with van der Waals surface area (Å²) >= 11 is 0. The fourth-order valence-corrected chi connectivity index (χ4v) is 2.09. The van der Waals surface area contributed by atoms with Gasteiger partial charge < -0.3 is 15.3 Å². The van der Waals surface area contributed by atoms with E-state index in [-0.39, 0.29) is 18.5 Å². The first-order valence-electron chi connectivity index (χ1n) is 6.27. The second kappa shape index (κ2) is 6.47. The first-order chi connectivity index (χ1) is 8.00. The van der Waals surface area contributed by atoms with Gasteiger partial charge in [0.2, 0.25) is 0 Å². The Balaban J connectivity index is 2.36. The fourth-order valence-electron chi connectivity index (χ4n) is 2.09. The van der Waals surface area contributed by atoms with Crippen LogP contribution in [0.5, 0.6) is 0 Å². The molecule has 0 radical (unpaired) electrons. The molecule has 1 rings (SSSR count). The maximum absolute atomic E-state index is 11.8. The lowest BCUT2D eigenvalue weighted by molar-refractivity contribution is -0.137. The monoisotopic (exact) mass is 242 g/mol. The number of hydrogen-bond acceptors (Lipinski definition) is 2. The van der Waals surface area contributed by atoms with Gasteiger partial charge in [0.15, 0.2) is 0 Å². The van der Waals surface area contributed by atoms with Crippen LogP contribution in [0.25, 0.3) is 0 Å². The zero-order valence-corrected chi connectivity index (χ0v) is 10.6. The number of hydrogen-bond donors (Lipinski definition) is 2. The molecule has 1 aliphatic rings. The van der Waals surface area contributed by atoms with Crippen LogP contribution < -0.4 is 5.32 Å². The van der Waals surface area contributed by atoms with E-state index >= 15 is 0 Å². The van der Waals surface area contributed by atoms with Crippen molar-refractivity contribution in [2.75, 3.05) is 13.1 Å². The van der Waals surface area contributed by atoms with Crippen molar-refractivity contribution in [2.24, 2.45) is 5.92 Å². The summed E-state index contributed by atoms with van der Waals surface area (Å²) in [4.78, 5) is 24.2. The molecule has 1 atom stereocenters. The Kier molecular flexibility index (Phi) is 5.25. The van der Waals surface area contributed by atoms with Gasteiger partial charge in [-0.3, -0.25) is 4.79 Å². The molecule has 1 heterocycles. The number of likely N-dealkylation sites (tertiary alicyclic amines) is 1. The Morgan fingerprint density at radius 3 is 2.76 bits per heavy atom. The highest BCUT2D eigenvalue weighted by Crippen LogP contribution is 2.19. The van der Waals surface area contributed by atoms with Crippen LogP contribution in [0.2, 0.25) is 0 Å². The summed E-state index contributed by atoms with van der Waals surface area (Å²) in [6, 6.07) is -0.249. The highest BCUT2D eigenvalue weighted by Gasteiger charge is 2.29. The molecular weight excluding hydrogens is 220 g/mol. The number of carbonyl (C=O) groups excluding carboxylic acids is 1. The molecule has 5 nitrogen and oxygen atoms in total. The molecule has 0 bridgehead atoms. The maximum Gasteiger partial charge on any atom is 0.317 e. The number of carbonyl (C=O) groups is 2. The van der Waals surface area contributed by atoms with Gasteiger partial charge in [-0.15, -0.1) is 0 Å². The molecule has 0 aromatic heterocycles. The van der Waals surface area contributed by atoms with Gasteiger partial charge in [-0.1, -0.05) is 13.8 Å². The number of carboxylic acid groups (broad SMARTS) is 1. The summed E-state index contributed by atoms with van der Waals surface area (Å²) in [5.74, 6) is -0.277. The lowest BCUT2D eigenvalue weighted by Gasteiger charge is -2.24. The third kappa shape index (κ3) is 4.63. The summed E-state index contributed by atoms with van der Waals surface area (Å²) in [6.07, 6.45) is 2.69. The summed E-state index contributed by atoms with van der Waals surface area (Å²) < 4.78 is 0. The molecular formula is C12H22N2O3. The van der Waals surface area contributed by atoms with E-state index in [1.54, 1.807) is 4.90 Å². The lowest BCUT2D eigenvalue weighted by Crippen LogP contribution is -2.44. The van der Waals surface area contributed by atoms with Crippen LogP contribution in [0.15, 0.2) is 0 Å². The first-order valence-corrected chi connectivity index (χ1v) is 6.27. The minimum absolute atomic E-state index is 0.0532. The van der Waals surface area contributed by atoms with Crippen molar-refractivity contribution < 1.29 is 14.7 Å². The van der Waals surface area contributed by atoms with Crippen molar-refractivity contribution in [3.05, 3.63) is 0 Å². The minimum Gasteiger partial charge on any atom is -0.481 e. The molecule has 0 spiro atoms. The molecule has 1 unspecified atom stereocenters. The Morgan fingerprint density at radius 1 is 1.47 bits per heavy atom. The molecule has 98 valence electrons. The van der Waals surface area contributed by atoms with E-state index in [0.717, 1.165) is 19.3 Å². The van der Waals surface area contributed by atoms with Gasteiger partial charge in [0.1, 0.15) is 0 Å². The largest absolute Gasteiger partial charge is 0.481 e. The van der Waals surface area contributed by atoms with Crippen LogP contribution in [0, 0.1) is 5.92 Å². The Labute approximate surface area is 102 Å². The van der Waals surface area contributed by atoms with Crippen LogP contribution in [-0.4, -0.2) is 41.1 Å². The third-order valence-electron chi connectivity index (χ3n) is 3.05. The van der Waals surface area contributed by atoms with Gasteiger partial charge in [-0.2, -0.15) is 0 Å². The average molecular weight is 242 g/mol. The van der Waals surface area contributed by atoms with Gasteiger partial charge in [0.05, 0.1) is 6.42 Å². The van der Waals surface area contributed by atoms with E-state index in [4.69, 9.17) is 5.11 Å². The smallest absolute Gasteiger partial charge is 0.317 e. The minimum atomic E-state index is -0.836. The summed E-state index contributed by atoms with van der Waals surface area (Å²) in [5, 5.41) is 11.6. The van der Waals surface area contributed by atoms with Crippen molar-refractivity contribution in [2.45, 2.75) is 45.6 Å². The van der Waals surface area contributed by atoms with Crippen LogP contribution in [0.1, 0.15) is 39.5 Å². The van der Waals surface area contributed by atoms with Crippen LogP contribution in [-0.2, 0) is 4.79 Å². The maximum atomic E-state index is 11.8. The number of nitrogens with one attached hydrogen (secondary N) is 1. The molecule has 1 fully saturated rings. The van der Waals surface area contributed by atoms with E-state index in [0.29, 0.717) is 19.0 Å². The zero-order valence-electron chi connectivity index (χ0n) is 10.6. The highest BCUT2D eigenvalue weighted by atomic mass is 16.4. The summed E-state index contributed by atoms with van der Waals surface area (Å²) in [5.41, 5.74) is 0. The fraction of sp³-hybridized carbons (Fsp3) is 0.833. The Bertz CT molecular complexity index is 279. The molecule has 0 aromatic carbocycles. The van der Waals surface area contributed by atoms with Gasteiger partial charge in [-0.05, 0) is 25.2 Å². The summed E-state index contributed by atoms with van der Waals surface area (Å²) in [6.45, 7) is 5.54. The average Bonchev–Trinajstić information content (AvgIpc) is 2.64. The molecule has 5 heteroatoms. The SMILES string of the molecule is CC(C)CCNC(=O)N1CCCC1CC(=O)O. The number of nitrogens with zero attached hydrogens (tertiary/aromatic N) is 1. The standard InChI is InChI=1S/C12H22N2O3/c1-9(2)5-6-13-12(17)14-7-3-4-10(14)8-11(15)16/h9-10H,3-8H2,1-2H3,(H,13,17)(H,15,16). The molecule has 0 aliphatic carbocycles. The van der Waals surface area contributed by atoms with Crippen LogP contribution in [0.4, 0.5) is 4.79 Å². The molecule has 1 aliphatic heterocycles. The predicted octanol–water partition coefficient (Wildman–Crippen LogP) is 1.68. The third-order valence-corrected chi connectivity index (χ3v) is 3.05. The molecule has 1 saturated heterocycles. The number of urea groups is 1. The second-order valence-corrected chi connectivity index (χ2v) is 5.00. The number of amides is 2. The molecule has 0 aromatic rings. The normalized spacial score (nSPS) is 19.7.